The minimum absolute atomic E-state index is 0.0286. The van der Waals surface area contributed by atoms with Crippen LogP contribution in [0.3, 0.4) is 0 Å². The third kappa shape index (κ3) is 3.49. The van der Waals surface area contributed by atoms with E-state index in [0.717, 1.165) is 12.1 Å². The topological polar surface area (TPSA) is 66.9 Å². The number of nitrogens with zero attached hydrogens (tertiary/aromatic N) is 2. The first-order chi connectivity index (χ1) is 7.67. The van der Waals surface area contributed by atoms with E-state index in [9.17, 15) is 4.79 Å². The van der Waals surface area contributed by atoms with Crippen LogP contribution in [0, 0.1) is 0 Å². The maximum atomic E-state index is 11.5. The Morgan fingerprint density at radius 3 is 2.81 bits per heavy atom. The Morgan fingerprint density at radius 1 is 1.44 bits per heavy atom. The van der Waals surface area contributed by atoms with E-state index in [1.807, 2.05) is 19.9 Å². The standard InChI is InChI=1S/C11H18N4O/c1-4-9-6-10(14-7-13-9)15-8(3)11(16)12-5-2/h6-8H,4-5H2,1-3H3,(H,12,16)(H,13,14,15). The molecule has 5 nitrogen and oxygen atoms in total. The molecule has 2 N–H and O–H groups in total. The summed E-state index contributed by atoms with van der Waals surface area (Å²) in [6, 6.07) is 1.56. The van der Waals surface area contributed by atoms with Gasteiger partial charge in [-0.1, -0.05) is 6.92 Å². The lowest BCUT2D eigenvalue weighted by Crippen LogP contribution is -2.37. The summed E-state index contributed by atoms with van der Waals surface area (Å²) >= 11 is 0. The number of carbonyl (C=O) groups excluding carboxylic acids is 1. The predicted molar refractivity (Wildman–Crippen MR) is 63.2 cm³/mol. The van der Waals surface area contributed by atoms with E-state index in [4.69, 9.17) is 0 Å². The van der Waals surface area contributed by atoms with Crippen LogP contribution in [-0.4, -0.2) is 28.5 Å². The second-order valence-electron chi connectivity index (χ2n) is 3.51. The van der Waals surface area contributed by atoms with Crippen LogP contribution in [0.1, 0.15) is 26.5 Å². The zero-order valence-electron chi connectivity index (χ0n) is 9.95. The van der Waals surface area contributed by atoms with Gasteiger partial charge in [-0.2, -0.15) is 0 Å². The van der Waals surface area contributed by atoms with Gasteiger partial charge >= 0.3 is 0 Å². The molecule has 0 aliphatic heterocycles. The van der Waals surface area contributed by atoms with E-state index >= 15 is 0 Å². The Balaban J connectivity index is 2.61. The number of aryl methyl sites for hydroxylation is 1. The Labute approximate surface area is 95.7 Å². The molecule has 16 heavy (non-hydrogen) atoms. The smallest absolute Gasteiger partial charge is 0.242 e. The molecule has 1 atom stereocenters. The van der Waals surface area contributed by atoms with Gasteiger partial charge in [0.05, 0.1) is 0 Å². The average Bonchev–Trinajstić information content (AvgIpc) is 2.29. The van der Waals surface area contributed by atoms with Crippen LogP contribution in [-0.2, 0) is 11.2 Å². The molecule has 1 aromatic rings. The van der Waals surface area contributed by atoms with Crippen molar-refractivity contribution in [2.75, 3.05) is 11.9 Å². The van der Waals surface area contributed by atoms with Crippen molar-refractivity contribution in [3.63, 3.8) is 0 Å². The van der Waals surface area contributed by atoms with Crippen molar-refractivity contribution >= 4 is 11.7 Å². The van der Waals surface area contributed by atoms with Crippen molar-refractivity contribution in [3.8, 4) is 0 Å². The molecule has 0 fully saturated rings. The summed E-state index contributed by atoms with van der Waals surface area (Å²) < 4.78 is 0. The lowest BCUT2D eigenvalue weighted by atomic mass is 10.3. The molecule has 0 aromatic carbocycles. The first-order valence-electron chi connectivity index (χ1n) is 5.52. The number of nitrogens with one attached hydrogen (secondary N) is 2. The lowest BCUT2D eigenvalue weighted by molar-refractivity contribution is -0.121. The minimum Gasteiger partial charge on any atom is -0.359 e. The van der Waals surface area contributed by atoms with E-state index in [1.165, 1.54) is 6.33 Å². The second kappa shape index (κ2) is 6.05. The summed E-state index contributed by atoms with van der Waals surface area (Å²) in [5.41, 5.74) is 0.959. The predicted octanol–water partition coefficient (Wildman–Crippen LogP) is 0.975. The molecular formula is C11H18N4O. The average molecular weight is 222 g/mol. The molecule has 1 unspecified atom stereocenters. The van der Waals surface area contributed by atoms with Crippen LogP contribution in [0.15, 0.2) is 12.4 Å². The number of anilines is 1. The highest BCUT2D eigenvalue weighted by Gasteiger charge is 2.11. The van der Waals surface area contributed by atoms with Gasteiger partial charge in [-0.05, 0) is 20.3 Å². The maximum Gasteiger partial charge on any atom is 0.242 e. The molecular weight excluding hydrogens is 204 g/mol. The molecule has 0 bridgehead atoms. The number of amides is 1. The highest BCUT2D eigenvalue weighted by atomic mass is 16.2. The highest BCUT2D eigenvalue weighted by molar-refractivity contribution is 5.83. The summed E-state index contributed by atoms with van der Waals surface area (Å²) in [4.78, 5) is 19.6. The van der Waals surface area contributed by atoms with Crippen molar-refractivity contribution in [2.24, 2.45) is 0 Å². The van der Waals surface area contributed by atoms with Crippen molar-refractivity contribution < 1.29 is 4.79 Å². The number of hydrogen-bond acceptors (Lipinski definition) is 4. The van der Waals surface area contributed by atoms with Crippen LogP contribution < -0.4 is 10.6 Å². The van der Waals surface area contributed by atoms with Crippen molar-refractivity contribution in [2.45, 2.75) is 33.2 Å². The third-order valence-electron chi connectivity index (χ3n) is 2.19. The number of hydrogen-bond donors (Lipinski definition) is 2. The summed E-state index contributed by atoms with van der Waals surface area (Å²) in [5, 5.41) is 5.79. The van der Waals surface area contributed by atoms with Gasteiger partial charge in [0.2, 0.25) is 5.91 Å². The van der Waals surface area contributed by atoms with Crippen molar-refractivity contribution in [1.82, 2.24) is 15.3 Å². The molecule has 0 spiro atoms. The number of rotatable bonds is 5. The maximum absolute atomic E-state index is 11.5. The van der Waals surface area contributed by atoms with Gasteiger partial charge in [0.25, 0.3) is 0 Å². The van der Waals surface area contributed by atoms with Gasteiger partial charge in [0.1, 0.15) is 18.2 Å². The fourth-order valence-corrected chi connectivity index (χ4v) is 1.28. The van der Waals surface area contributed by atoms with Crippen LogP contribution in [0.5, 0.6) is 0 Å². The summed E-state index contributed by atoms with van der Waals surface area (Å²) in [6.07, 6.45) is 2.36. The van der Waals surface area contributed by atoms with E-state index in [-0.39, 0.29) is 11.9 Å². The Kier molecular flexibility index (Phi) is 4.69. The van der Waals surface area contributed by atoms with Gasteiger partial charge in [-0.15, -0.1) is 0 Å². The summed E-state index contributed by atoms with van der Waals surface area (Å²) in [5.74, 6) is 0.657. The van der Waals surface area contributed by atoms with Crippen LogP contribution in [0.2, 0.25) is 0 Å². The fourth-order valence-electron chi connectivity index (χ4n) is 1.28. The molecule has 0 aliphatic rings. The molecule has 1 heterocycles. The Morgan fingerprint density at radius 2 is 2.19 bits per heavy atom. The van der Waals surface area contributed by atoms with E-state index < -0.39 is 0 Å². The third-order valence-corrected chi connectivity index (χ3v) is 2.19. The molecule has 0 saturated carbocycles. The van der Waals surface area contributed by atoms with Gasteiger partial charge in [0, 0.05) is 18.3 Å². The minimum atomic E-state index is -0.292. The first-order valence-corrected chi connectivity index (χ1v) is 5.52. The van der Waals surface area contributed by atoms with Gasteiger partial charge in [-0.3, -0.25) is 4.79 Å². The largest absolute Gasteiger partial charge is 0.359 e. The molecule has 1 amide bonds. The van der Waals surface area contributed by atoms with E-state index in [0.29, 0.717) is 12.4 Å². The van der Waals surface area contributed by atoms with Crippen LogP contribution in [0.4, 0.5) is 5.82 Å². The highest BCUT2D eigenvalue weighted by Crippen LogP contribution is 2.06. The first kappa shape index (κ1) is 12.4. The molecule has 0 saturated heterocycles. The van der Waals surface area contributed by atoms with Crippen molar-refractivity contribution in [3.05, 3.63) is 18.1 Å². The molecule has 0 aliphatic carbocycles. The zero-order chi connectivity index (χ0) is 12.0. The molecule has 1 aromatic heterocycles. The van der Waals surface area contributed by atoms with E-state index in [2.05, 4.69) is 20.6 Å². The Bertz CT molecular complexity index is 354. The number of aromatic nitrogens is 2. The van der Waals surface area contributed by atoms with E-state index in [1.54, 1.807) is 6.92 Å². The summed E-state index contributed by atoms with van der Waals surface area (Å²) in [7, 11) is 0. The van der Waals surface area contributed by atoms with Crippen LogP contribution >= 0.6 is 0 Å². The quantitative estimate of drug-likeness (QED) is 0.779. The van der Waals surface area contributed by atoms with Gasteiger partial charge < -0.3 is 10.6 Å². The molecule has 0 radical (unpaired) electrons. The SMILES string of the molecule is CCNC(=O)C(C)Nc1cc(CC)ncn1. The second-order valence-corrected chi connectivity index (χ2v) is 3.51. The van der Waals surface area contributed by atoms with Crippen molar-refractivity contribution in [1.29, 1.82) is 0 Å². The molecule has 5 heteroatoms. The number of carbonyl (C=O) groups is 1. The summed E-state index contributed by atoms with van der Waals surface area (Å²) in [6.45, 7) is 6.36. The monoisotopic (exact) mass is 222 g/mol. The lowest BCUT2D eigenvalue weighted by Gasteiger charge is -2.13. The van der Waals surface area contributed by atoms with Gasteiger partial charge in [-0.25, -0.2) is 9.97 Å². The number of likely N-dealkylation sites (N-methyl/N-ethyl adjacent to an activating group) is 1. The zero-order valence-corrected chi connectivity index (χ0v) is 9.95. The fraction of sp³-hybridized carbons (Fsp3) is 0.545. The van der Waals surface area contributed by atoms with Crippen LogP contribution in [0.25, 0.3) is 0 Å². The molecule has 88 valence electrons. The Hall–Kier alpha value is -1.65. The van der Waals surface area contributed by atoms with Gasteiger partial charge in [0.15, 0.2) is 0 Å². The normalized spacial score (nSPS) is 11.9. The molecule has 1 rings (SSSR count).